The van der Waals surface area contributed by atoms with Crippen molar-refractivity contribution in [1.29, 1.82) is 0 Å². The number of hydrogen-bond acceptors (Lipinski definition) is 5. The zero-order valence-electron chi connectivity index (χ0n) is 20.1. The number of nitrogens with zero attached hydrogens (tertiary/aromatic N) is 2. The van der Waals surface area contributed by atoms with E-state index in [0.717, 1.165) is 22.4 Å². The molecule has 35 heavy (non-hydrogen) atoms. The second-order valence-electron chi connectivity index (χ2n) is 8.68. The zero-order chi connectivity index (χ0) is 24.8. The molecule has 3 aromatic carbocycles. The number of benzene rings is 3. The van der Waals surface area contributed by atoms with Crippen LogP contribution in [0.5, 0.6) is 5.75 Å². The minimum absolute atomic E-state index is 0.141. The Hall–Kier alpha value is -3.20. The average Bonchev–Trinajstić information content (AvgIpc) is 2.88. The molecule has 1 amide bonds. The molecule has 1 N–H and O–H groups in total. The van der Waals surface area contributed by atoms with Gasteiger partial charge in [0.25, 0.3) is 5.91 Å². The summed E-state index contributed by atoms with van der Waals surface area (Å²) in [7, 11) is -1.85. The summed E-state index contributed by atoms with van der Waals surface area (Å²) in [6.45, 7) is 5.27. The first kappa shape index (κ1) is 24.9. The average molecular weight is 494 g/mol. The number of amides is 1. The van der Waals surface area contributed by atoms with E-state index in [1.54, 1.807) is 23.5 Å². The van der Waals surface area contributed by atoms with Crippen LogP contribution in [0.4, 0.5) is 0 Å². The van der Waals surface area contributed by atoms with Crippen LogP contribution in [0.15, 0.2) is 77.7 Å². The number of nitrogens with one attached hydrogen (secondary N) is 1. The molecule has 1 aliphatic heterocycles. The number of carbonyl (C=O) groups is 1. The van der Waals surface area contributed by atoms with Gasteiger partial charge in [0, 0.05) is 50.4 Å². The van der Waals surface area contributed by atoms with Crippen molar-refractivity contribution in [3.8, 4) is 5.75 Å². The number of carbonyl (C=O) groups excluding carboxylic acids is 1. The second kappa shape index (κ2) is 11.0. The monoisotopic (exact) mass is 493 g/mol. The lowest BCUT2D eigenvalue weighted by Gasteiger charge is -2.34. The summed E-state index contributed by atoms with van der Waals surface area (Å²) >= 11 is 0. The van der Waals surface area contributed by atoms with E-state index in [1.165, 1.54) is 0 Å². The van der Waals surface area contributed by atoms with Crippen molar-refractivity contribution < 1.29 is 17.9 Å². The van der Waals surface area contributed by atoms with Crippen molar-refractivity contribution in [2.75, 3.05) is 33.3 Å². The van der Waals surface area contributed by atoms with E-state index >= 15 is 0 Å². The number of aryl methyl sites for hydroxylation is 1. The van der Waals surface area contributed by atoms with Crippen molar-refractivity contribution in [3.05, 3.63) is 95.1 Å². The molecule has 1 aliphatic rings. The number of hydrogen-bond donors (Lipinski definition) is 1. The molecule has 1 fully saturated rings. The first-order chi connectivity index (χ1) is 16.9. The highest BCUT2D eigenvalue weighted by Gasteiger charge is 2.28. The van der Waals surface area contributed by atoms with E-state index in [1.807, 2.05) is 67.6 Å². The SMILES string of the molecule is COc1ccccc1CNC(=O)c1ccc(CN2CCN(S(=O)(=O)c3ccc(C)cc3)CC2)cc1. The maximum atomic E-state index is 12.9. The van der Waals surface area contributed by atoms with Crippen LogP contribution in [-0.4, -0.2) is 56.8 Å². The normalized spacial score (nSPS) is 15.0. The first-order valence-corrected chi connectivity index (χ1v) is 13.1. The Balaban J connectivity index is 1.28. The van der Waals surface area contributed by atoms with Crippen molar-refractivity contribution in [2.45, 2.75) is 24.9 Å². The lowest BCUT2D eigenvalue weighted by atomic mass is 10.1. The van der Waals surface area contributed by atoms with Gasteiger partial charge in [-0.3, -0.25) is 9.69 Å². The van der Waals surface area contributed by atoms with E-state index in [-0.39, 0.29) is 5.91 Å². The molecule has 4 rings (SSSR count). The van der Waals surface area contributed by atoms with Gasteiger partial charge in [-0.05, 0) is 42.8 Å². The van der Waals surface area contributed by atoms with Crippen molar-refractivity contribution >= 4 is 15.9 Å². The Morgan fingerprint density at radius 1 is 0.914 bits per heavy atom. The minimum atomic E-state index is -3.47. The van der Waals surface area contributed by atoms with Crippen LogP contribution in [0.3, 0.4) is 0 Å². The summed E-state index contributed by atoms with van der Waals surface area (Å²) < 4.78 is 32.7. The predicted octanol–water partition coefficient (Wildman–Crippen LogP) is 3.44. The van der Waals surface area contributed by atoms with E-state index < -0.39 is 10.0 Å². The van der Waals surface area contributed by atoms with Crippen LogP contribution in [0.2, 0.25) is 0 Å². The highest BCUT2D eigenvalue weighted by molar-refractivity contribution is 7.89. The zero-order valence-corrected chi connectivity index (χ0v) is 20.9. The summed E-state index contributed by atoms with van der Waals surface area (Å²) in [5.74, 6) is 0.604. The molecule has 0 aliphatic carbocycles. The molecular weight excluding hydrogens is 462 g/mol. The maximum absolute atomic E-state index is 12.9. The summed E-state index contributed by atoms with van der Waals surface area (Å²) in [4.78, 5) is 15.1. The van der Waals surface area contributed by atoms with Crippen molar-refractivity contribution in [3.63, 3.8) is 0 Å². The standard InChI is InChI=1S/C27H31N3O4S/c1-21-7-13-25(14-8-21)35(32,33)30-17-15-29(16-18-30)20-22-9-11-23(12-10-22)27(31)28-19-24-5-3-4-6-26(24)34-2/h3-14H,15-20H2,1-2H3,(H,28,31). The Morgan fingerprint density at radius 2 is 1.57 bits per heavy atom. The molecule has 0 atom stereocenters. The van der Waals surface area contributed by atoms with Gasteiger partial charge in [-0.1, -0.05) is 48.0 Å². The van der Waals surface area contributed by atoms with E-state index in [9.17, 15) is 13.2 Å². The molecule has 8 heteroatoms. The van der Waals surface area contributed by atoms with Gasteiger partial charge in [-0.15, -0.1) is 0 Å². The third-order valence-electron chi connectivity index (χ3n) is 6.24. The largest absolute Gasteiger partial charge is 0.496 e. The molecule has 0 spiro atoms. The van der Waals surface area contributed by atoms with Crippen LogP contribution in [0, 0.1) is 6.92 Å². The smallest absolute Gasteiger partial charge is 0.251 e. The molecular formula is C27H31N3O4S. The predicted molar refractivity (Wildman–Crippen MR) is 136 cm³/mol. The second-order valence-corrected chi connectivity index (χ2v) is 10.6. The number of methoxy groups -OCH3 is 1. The molecule has 0 aromatic heterocycles. The third-order valence-corrected chi connectivity index (χ3v) is 8.16. The summed E-state index contributed by atoms with van der Waals surface area (Å²) in [5.41, 5.74) is 3.64. The maximum Gasteiger partial charge on any atom is 0.251 e. The Morgan fingerprint density at radius 3 is 2.23 bits per heavy atom. The van der Waals surface area contributed by atoms with E-state index in [0.29, 0.717) is 49.7 Å². The van der Waals surface area contributed by atoms with E-state index in [2.05, 4.69) is 10.2 Å². The van der Waals surface area contributed by atoms with Gasteiger partial charge in [-0.25, -0.2) is 8.42 Å². The lowest BCUT2D eigenvalue weighted by molar-refractivity contribution is 0.0950. The van der Waals surface area contributed by atoms with Gasteiger partial charge in [0.1, 0.15) is 5.75 Å². The fourth-order valence-corrected chi connectivity index (χ4v) is 5.56. The molecule has 1 heterocycles. The highest BCUT2D eigenvalue weighted by Crippen LogP contribution is 2.20. The fraction of sp³-hybridized carbons (Fsp3) is 0.296. The van der Waals surface area contributed by atoms with Crippen LogP contribution < -0.4 is 10.1 Å². The van der Waals surface area contributed by atoms with Gasteiger partial charge >= 0.3 is 0 Å². The van der Waals surface area contributed by atoms with Gasteiger partial charge in [0.15, 0.2) is 0 Å². The molecule has 7 nitrogen and oxygen atoms in total. The van der Waals surface area contributed by atoms with Gasteiger partial charge < -0.3 is 10.1 Å². The van der Waals surface area contributed by atoms with Gasteiger partial charge in [0.05, 0.1) is 12.0 Å². The van der Waals surface area contributed by atoms with Gasteiger partial charge in [0.2, 0.25) is 10.0 Å². The molecule has 1 saturated heterocycles. The number of sulfonamides is 1. The van der Waals surface area contributed by atoms with Crippen molar-refractivity contribution in [1.82, 2.24) is 14.5 Å². The van der Waals surface area contributed by atoms with Crippen LogP contribution in [0.25, 0.3) is 0 Å². The molecule has 0 unspecified atom stereocenters. The van der Waals surface area contributed by atoms with Crippen LogP contribution in [0.1, 0.15) is 27.0 Å². The Bertz CT molecular complexity index is 1250. The molecule has 0 bridgehead atoms. The number of rotatable bonds is 8. The molecule has 184 valence electrons. The van der Waals surface area contributed by atoms with Crippen LogP contribution in [-0.2, 0) is 23.1 Å². The fourth-order valence-electron chi connectivity index (χ4n) is 4.13. The number of piperazine rings is 1. The van der Waals surface area contributed by atoms with Crippen molar-refractivity contribution in [2.24, 2.45) is 0 Å². The highest BCUT2D eigenvalue weighted by atomic mass is 32.2. The summed E-state index contributed by atoms with van der Waals surface area (Å²) in [6.07, 6.45) is 0. The summed E-state index contributed by atoms with van der Waals surface area (Å²) in [6, 6.07) is 22.1. The Labute approximate surface area is 207 Å². The first-order valence-electron chi connectivity index (χ1n) is 11.6. The molecule has 3 aromatic rings. The molecule has 0 radical (unpaired) electrons. The van der Waals surface area contributed by atoms with Gasteiger partial charge in [-0.2, -0.15) is 4.31 Å². The minimum Gasteiger partial charge on any atom is -0.496 e. The van der Waals surface area contributed by atoms with E-state index in [4.69, 9.17) is 4.74 Å². The molecule has 0 saturated carbocycles. The number of ether oxygens (including phenoxy) is 1. The Kier molecular flexibility index (Phi) is 7.85. The quantitative estimate of drug-likeness (QED) is 0.520. The lowest BCUT2D eigenvalue weighted by Crippen LogP contribution is -2.48. The summed E-state index contributed by atoms with van der Waals surface area (Å²) in [5, 5.41) is 2.93. The van der Waals surface area contributed by atoms with Crippen LogP contribution >= 0.6 is 0 Å². The number of para-hydroxylation sites is 1. The third kappa shape index (κ3) is 6.08. The topological polar surface area (TPSA) is 79.0 Å².